The number of benzene rings is 1. The molecule has 1 aromatic heterocycles. The fourth-order valence-corrected chi connectivity index (χ4v) is 1.75. The molecule has 0 spiro atoms. The number of carbonyl (C=O) groups excluding carboxylic acids is 1. The summed E-state index contributed by atoms with van der Waals surface area (Å²) in [6.45, 7) is 2.27. The Hall–Kier alpha value is -2.57. The largest absolute Gasteiger partial charge is 0.489 e. The number of hydrogen-bond donors (Lipinski definition) is 0. The minimum Gasteiger partial charge on any atom is -0.489 e. The molecule has 2 rings (SSSR count). The fraction of sp³-hybridized carbons (Fsp3) is 0.308. The minimum absolute atomic E-state index is 0.0866. The summed E-state index contributed by atoms with van der Waals surface area (Å²) < 4.78 is 15.5. The smallest absolute Gasteiger partial charge is 0.377 e. The Morgan fingerprint density at radius 1 is 1.45 bits per heavy atom. The molecule has 1 aromatic carbocycles. The van der Waals surface area contributed by atoms with E-state index < -0.39 is 10.9 Å². The van der Waals surface area contributed by atoms with Gasteiger partial charge in [-0.3, -0.25) is 10.1 Å². The van der Waals surface area contributed by atoms with E-state index in [0.29, 0.717) is 17.6 Å². The van der Waals surface area contributed by atoms with Gasteiger partial charge in [0.05, 0.1) is 24.0 Å². The predicted molar refractivity (Wildman–Crippen MR) is 70.0 cm³/mol. The Kier molecular flexibility index (Phi) is 3.88. The lowest BCUT2D eigenvalue weighted by molar-refractivity contribution is -0.384. The number of nitro groups is 1. The number of ether oxygens (including phenoxy) is 2. The number of nitrogens with zero attached hydrogens (tertiary/aromatic N) is 1. The molecule has 0 saturated heterocycles. The monoisotopic (exact) mass is 279 g/mol. The molecule has 0 amide bonds. The predicted octanol–water partition coefficient (Wildman–Crippen LogP) is 2.92. The van der Waals surface area contributed by atoms with E-state index in [1.807, 2.05) is 6.92 Å². The summed E-state index contributed by atoms with van der Waals surface area (Å²) >= 11 is 0. The van der Waals surface area contributed by atoms with E-state index in [-0.39, 0.29) is 17.2 Å². The second kappa shape index (κ2) is 5.60. The number of hydrogen-bond acceptors (Lipinski definition) is 6. The number of carbonyl (C=O) groups is 1. The zero-order chi connectivity index (χ0) is 14.7. The van der Waals surface area contributed by atoms with Crippen molar-refractivity contribution in [3.05, 3.63) is 34.1 Å². The molecule has 0 radical (unpaired) electrons. The summed E-state index contributed by atoms with van der Waals surface area (Å²) in [4.78, 5) is 21.9. The van der Waals surface area contributed by atoms with Gasteiger partial charge in [0.2, 0.25) is 0 Å². The number of fused-ring (bicyclic) bond motifs is 1. The normalized spacial score (nSPS) is 10.5. The fourth-order valence-electron chi connectivity index (χ4n) is 1.75. The van der Waals surface area contributed by atoms with Gasteiger partial charge in [0.1, 0.15) is 5.58 Å². The third-order valence-corrected chi connectivity index (χ3v) is 2.66. The Morgan fingerprint density at radius 2 is 2.20 bits per heavy atom. The number of non-ortho nitro benzene ring substituents is 1. The molecule has 0 aliphatic heterocycles. The van der Waals surface area contributed by atoms with E-state index in [0.717, 1.165) is 6.42 Å². The molecular weight excluding hydrogens is 266 g/mol. The standard InChI is InChI=1S/C13H13NO6/c1-3-6-19-11-9-7-8(14(16)17)4-5-10(9)20-12(11)13(15)18-2/h4-5,7H,3,6H2,1-2H3. The SMILES string of the molecule is CCCOc1c(C(=O)OC)oc2ccc([N+](=O)[O-])cc12. The van der Waals surface area contributed by atoms with Gasteiger partial charge in [0.25, 0.3) is 11.4 Å². The van der Waals surface area contributed by atoms with Crippen molar-refractivity contribution < 1.29 is 23.6 Å². The third-order valence-electron chi connectivity index (χ3n) is 2.66. The van der Waals surface area contributed by atoms with E-state index in [2.05, 4.69) is 4.74 Å². The van der Waals surface area contributed by atoms with Crippen LogP contribution in [0, 0.1) is 10.1 Å². The highest BCUT2D eigenvalue weighted by Gasteiger charge is 2.24. The molecule has 0 bridgehead atoms. The molecule has 7 heteroatoms. The minimum atomic E-state index is -0.685. The molecule has 7 nitrogen and oxygen atoms in total. The third kappa shape index (κ3) is 2.42. The average Bonchev–Trinajstić information content (AvgIpc) is 2.81. The van der Waals surface area contributed by atoms with Crippen LogP contribution in [0.2, 0.25) is 0 Å². The maximum Gasteiger partial charge on any atom is 0.377 e. The molecule has 0 N–H and O–H groups in total. The Labute approximate surface area is 114 Å². The first-order valence-electron chi connectivity index (χ1n) is 6.00. The van der Waals surface area contributed by atoms with Gasteiger partial charge < -0.3 is 13.9 Å². The van der Waals surface area contributed by atoms with E-state index in [4.69, 9.17) is 9.15 Å². The van der Waals surface area contributed by atoms with Gasteiger partial charge in [-0.05, 0) is 12.5 Å². The summed E-state index contributed by atoms with van der Waals surface area (Å²) in [7, 11) is 1.22. The summed E-state index contributed by atoms with van der Waals surface area (Å²) in [6, 6.07) is 4.05. The molecule has 0 aliphatic rings. The van der Waals surface area contributed by atoms with Crippen molar-refractivity contribution in [2.24, 2.45) is 0 Å². The summed E-state index contributed by atoms with van der Waals surface area (Å²) in [5, 5.41) is 11.2. The van der Waals surface area contributed by atoms with Crippen molar-refractivity contribution in [1.82, 2.24) is 0 Å². The second-order valence-electron chi connectivity index (χ2n) is 4.04. The van der Waals surface area contributed by atoms with Crippen molar-refractivity contribution in [3.63, 3.8) is 0 Å². The quantitative estimate of drug-likeness (QED) is 0.474. The van der Waals surface area contributed by atoms with Crippen molar-refractivity contribution in [2.75, 3.05) is 13.7 Å². The number of methoxy groups -OCH3 is 1. The average molecular weight is 279 g/mol. The van der Waals surface area contributed by atoms with Gasteiger partial charge in [-0.2, -0.15) is 0 Å². The second-order valence-corrected chi connectivity index (χ2v) is 4.04. The van der Waals surface area contributed by atoms with Gasteiger partial charge in [-0.25, -0.2) is 4.79 Å². The zero-order valence-electron chi connectivity index (χ0n) is 11.0. The first-order chi connectivity index (χ1) is 9.58. The molecule has 20 heavy (non-hydrogen) atoms. The van der Waals surface area contributed by atoms with Gasteiger partial charge in [0.15, 0.2) is 5.75 Å². The highest BCUT2D eigenvalue weighted by Crippen LogP contribution is 2.35. The molecule has 106 valence electrons. The molecule has 0 unspecified atom stereocenters. The van der Waals surface area contributed by atoms with E-state index in [9.17, 15) is 14.9 Å². The van der Waals surface area contributed by atoms with Crippen LogP contribution in [0.1, 0.15) is 23.9 Å². The highest BCUT2D eigenvalue weighted by atomic mass is 16.6. The number of esters is 1. The summed E-state index contributed by atoms with van der Waals surface area (Å²) in [5.41, 5.74) is 0.234. The lowest BCUT2D eigenvalue weighted by Gasteiger charge is -2.03. The van der Waals surface area contributed by atoms with Gasteiger partial charge in [-0.15, -0.1) is 0 Å². The lowest BCUT2D eigenvalue weighted by Crippen LogP contribution is -2.04. The van der Waals surface area contributed by atoms with Crippen molar-refractivity contribution >= 4 is 22.6 Å². The van der Waals surface area contributed by atoms with Gasteiger partial charge >= 0.3 is 5.97 Å². The number of furan rings is 1. The van der Waals surface area contributed by atoms with Gasteiger partial charge in [-0.1, -0.05) is 6.92 Å². The Morgan fingerprint density at radius 3 is 2.80 bits per heavy atom. The molecule has 0 fully saturated rings. The highest BCUT2D eigenvalue weighted by molar-refractivity contribution is 5.99. The molecule has 0 saturated carbocycles. The van der Waals surface area contributed by atoms with Crippen molar-refractivity contribution in [1.29, 1.82) is 0 Å². The Balaban J connectivity index is 2.61. The van der Waals surface area contributed by atoms with Crippen molar-refractivity contribution in [2.45, 2.75) is 13.3 Å². The zero-order valence-corrected chi connectivity index (χ0v) is 11.0. The maximum atomic E-state index is 11.7. The number of rotatable bonds is 5. The van der Waals surface area contributed by atoms with E-state index in [1.165, 1.54) is 25.3 Å². The van der Waals surface area contributed by atoms with Crippen LogP contribution < -0.4 is 4.74 Å². The first kappa shape index (κ1) is 13.9. The molecule has 1 heterocycles. The van der Waals surface area contributed by atoms with Crippen LogP contribution in [0.25, 0.3) is 11.0 Å². The van der Waals surface area contributed by atoms with Crippen LogP contribution >= 0.6 is 0 Å². The van der Waals surface area contributed by atoms with Crippen LogP contribution in [-0.4, -0.2) is 24.6 Å². The Bertz CT molecular complexity index is 660. The van der Waals surface area contributed by atoms with Crippen molar-refractivity contribution in [3.8, 4) is 5.75 Å². The van der Waals surface area contributed by atoms with Crippen LogP contribution in [0.15, 0.2) is 22.6 Å². The van der Waals surface area contributed by atoms with Crippen LogP contribution in [0.3, 0.4) is 0 Å². The molecule has 0 atom stereocenters. The van der Waals surface area contributed by atoms with Crippen LogP contribution in [0.5, 0.6) is 5.75 Å². The molecule has 2 aromatic rings. The molecular formula is C13H13NO6. The topological polar surface area (TPSA) is 91.8 Å². The number of nitro benzene ring substituents is 1. The first-order valence-corrected chi connectivity index (χ1v) is 6.00. The van der Waals surface area contributed by atoms with Gasteiger partial charge in [0, 0.05) is 12.1 Å². The van der Waals surface area contributed by atoms with Crippen LogP contribution in [0.4, 0.5) is 5.69 Å². The molecule has 0 aliphatic carbocycles. The van der Waals surface area contributed by atoms with Crippen LogP contribution in [-0.2, 0) is 4.74 Å². The maximum absolute atomic E-state index is 11.7. The van der Waals surface area contributed by atoms with E-state index in [1.54, 1.807) is 0 Å². The lowest BCUT2D eigenvalue weighted by atomic mass is 10.2. The van der Waals surface area contributed by atoms with E-state index >= 15 is 0 Å². The summed E-state index contributed by atoms with van der Waals surface area (Å²) in [6.07, 6.45) is 0.724. The summed E-state index contributed by atoms with van der Waals surface area (Å²) in [5.74, 6) is -0.594.